The number of carbonyl (C=O) groups is 2. The van der Waals surface area contributed by atoms with Gasteiger partial charge in [-0.3, -0.25) is 0 Å². The molecule has 0 aliphatic carbocycles. The van der Waals surface area contributed by atoms with Crippen molar-refractivity contribution in [1.29, 1.82) is 5.26 Å². The van der Waals surface area contributed by atoms with Crippen LogP contribution in [-0.4, -0.2) is 26.2 Å². The van der Waals surface area contributed by atoms with Gasteiger partial charge in [-0.05, 0) is 60.7 Å². The SMILES string of the molecule is COC(=O)c1ccc(Oc2cccc(Oc3ccc(C(=O)OC)cc3)c2C#N)cc1. The number of carbonyl (C=O) groups excluding carboxylic acids is 2. The molecule has 0 aromatic heterocycles. The first-order valence-electron chi connectivity index (χ1n) is 8.81. The first-order chi connectivity index (χ1) is 14.5. The molecular formula is C23H17NO6. The molecule has 0 aliphatic heterocycles. The van der Waals surface area contributed by atoms with Gasteiger partial charge in [0.15, 0.2) is 0 Å². The van der Waals surface area contributed by atoms with Gasteiger partial charge in [0, 0.05) is 0 Å². The zero-order chi connectivity index (χ0) is 21.5. The van der Waals surface area contributed by atoms with Crippen LogP contribution in [0.1, 0.15) is 26.3 Å². The van der Waals surface area contributed by atoms with Gasteiger partial charge in [0.05, 0.1) is 25.3 Å². The molecule has 0 spiro atoms. The maximum Gasteiger partial charge on any atom is 0.337 e. The van der Waals surface area contributed by atoms with Gasteiger partial charge in [0.25, 0.3) is 0 Å². The van der Waals surface area contributed by atoms with E-state index in [2.05, 4.69) is 15.5 Å². The molecule has 3 aromatic carbocycles. The summed E-state index contributed by atoms with van der Waals surface area (Å²) in [6.07, 6.45) is 0. The molecule has 0 aliphatic rings. The van der Waals surface area contributed by atoms with E-state index in [0.29, 0.717) is 34.1 Å². The molecule has 0 bridgehead atoms. The van der Waals surface area contributed by atoms with Crippen molar-refractivity contribution >= 4 is 11.9 Å². The standard InChI is InChI=1S/C23H17NO6/c1-27-22(25)15-6-10-17(11-7-15)29-20-4-3-5-21(19(20)14-24)30-18-12-8-16(9-13-18)23(26)28-2/h3-13H,1-2H3. The summed E-state index contributed by atoms with van der Waals surface area (Å²) in [6.45, 7) is 0. The summed E-state index contributed by atoms with van der Waals surface area (Å²) < 4.78 is 20.9. The Bertz CT molecular complexity index is 1020. The molecule has 0 heterocycles. The molecule has 0 saturated heterocycles. The molecule has 0 amide bonds. The Kier molecular flexibility index (Phi) is 6.30. The van der Waals surface area contributed by atoms with Crippen molar-refractivity contribution < 1.29 is 28.5 Å². The fourth-order valence-electron chi connectivity index (χ4n) is 2.60. The maximum absolute atomic E-state index is 11.5. The molecule has 0 atom stereocenters. The van der Waals surface area contributed by atoms with E-state index < -0.39 is 11.9 Å². The van der Waals surface area contributed by atoms with E-state index >= 15 is 0 Å². The van der Waals surface area contributed by atoms with Gasteiger partial charge in [-0.25, -0.2) is 9.59 Å². The second kappa shape index (κ2) is 9.26. The van der Waals surface area contributed by atoms with Gasteiger partial charge in [0.2, 0.25) is 0 Å². The number of hydrogen-bond acceptors (Lipinski definition) is 7. The van der Waals surface area contributed by atoms with Crippen LogP contribution in [0.15, 0.2) is 66.7 Å². The Morgan fingerprint density at radius 1 is 0.700 bits per heavy atom. The summed E-state index contributed by atoms with van der Waals surface area (Å²) in [5.74, 6) is 0.581. The van der Waals surface area contributed by atoms with Gasteiger partial charge in [-0.15, -0.1) is 0 Å². The Balaban J connectivity index is 1.81. The molecule has 150 valence electrons. The number of rotatable bonds is 6. The predicted octanol–water partition coefficient (Wildman–Crippen LogP) is 4.72. The number of ether oxygens (including phenoxy) is 4. The number of nitrogens with zero attached hydrogens (tertiary/aromatic N) is 1. The molecule has 7 nitrogen and oxygen atoms in total. The molecule has 0 N–H and O–H groups in total. The zero-order valence-electron chi connectivity index (χ0n) is 16.2. The fourth-order valence-corrected chi connectivity index (χ4v) is 2.60. The highest BCUT2D eigenvalue weighted by Gasteiger charge is 2.14. The third kappa shape index (κ3) is 4.56. The van der Waals surface area contributed by atoms with Crippen LogP contribution >= 0.6 is 0 Å². The molecule has 0 saturated carbocycles. The number of methoxy groups -OCH3 is 2. The van der Waals surface area contributed by atoms with Crippen LogP contribution in [-0.2, 0) is 9.47 Å². The summed E-state index contributed by atoms with van der Waals surface area (Å²) in [6, 6.07) is 19.7. The highest BCUT2D eigenvalue weighted by atomic mass is 16.5. The van der Waals surface area contributed by atoms with Crippen LogP contribution in [0, 0.1) is 11.3 Å². The number of nitriles is 1. The quantitative estimate of drug-likeness (QED) is 0.550. The van der Waals surface area contributed by atoms with Crippen molar-refractivity contribution in [3.63, 3.8) is 0 Å². The van der Waals surface area contributed by atoms with Crippen LogP contribution in [0.2, 0.25) is 0 Å². The van der Waals surface area contributed by atoms with Crippen molar-refractivity contribution in [3.8, 4) is 29.1 Å². The molecule has 0 fully saturated rings. The lowest BCUT2D eigenvalue weighted by molar-refractivity contribution is 0.0592. The average Bonchev–Trinajstić information content (AvgIpc) is 2.79. The number of hydrogen-bond donors (Lipinski definition) is 0. The topological polar surface area (TPSA) is 94.8 Å². The Morgan fingerprint density at radius 3 is 1.43 bits per heavy atom. The third-order valence-corrected chi connectivity index (χ3v) is 4.11. The summed E-state index contributed by atoms with van der Waals surface area (Å²) >= 11 is 0. The van der Waals surface area contributed by atoms with Crippen molar-refractivity contribution in [2.45, 2.75) is 0 Å². The minimum Gasteiger partial charge on any atom is -0.465 e. The smallest absolute Gasteiger partial charge is 0.337 e. The highest BCUT2D eigenvalue weighted by Crippen LogP contribution is 2.34. The van der Waals surface area contributed by atoms with E-state index in [0.717, 1.165) is 0 Å². The normalized spacial score (nSPS) is 9.90. The third-order valence-electron chi connectivity index (χ3n) is 4.11. The monoisotopic (exact) mass is 403 g/mol. The van der Waals surface area contributed by atoms with Gasteiger partial charge in [-0.2, -0.15) is 5.26 Å². The predicted molar refractivity (Wildman–Crippen MR) is 107 cm³/mol. The Labute approximate surface area is 173 Å². The van der Waals surface area contributed by atoms with E-state index in [1.54, 1.807) is 66.7 Å². The summed E-state index contributed by atoms with van der Waals surface area (Å²) in [5.41, 5.74) is 0.974. The van der Waals surface area contributed by atoms with E-state index in [1.807, 2.05) is 0 Å². The van der Waals surface area contributed by atoms with Gasteiger partial charge < -0.3 is 18.9 Å². The first kappa shape index (κ1) is 20.4. The largest absolute Gasteiger partial charge is 0.465 e. The summed E-state index contributed by atoms with van der Waals surface area (Å²) in [7, 11) is 2.61. The van der Waals surface area contributed by atoms with Crippen molar-refractivity contribution in [3.05, 3.63) is 83.4 Å². The Hall–Kier alpha value is -4.31. The molecule has 7 heteroatoms. The van der Waals surface area contributed by atoms with Crippen molar-refractivity contribution in [2.24, 2.45) is 0 Å². The van der Waals surface area contributed by atoms with E-state index in [-0.39, 0.29) is 5.56 Å². The lowest BCUT2D eigenvalue weighted by Gasteiger charge is -2.12. The van der Waals surface area contributed by atoms with E-state index in [9.17, 15) is 14.9 Å². The fraction of sp³-hybridized carbons (Fsp3) is 0.0870. The lowest BCUT2D eigenvalue weighted by atomic mass is 10.2. The van der Waals surface area contributed by atoms with Gasteiger partial charge >= 0.3 is 11.9 Å². The molecular weight excluding hydrogens is 386 g/mol. The first-order valence-corrected chi connectivity index (χ1v) is 8.81. The summed E-state index contributed by atoms with van der Waals surface area (Å²) in [5, 5.41) is 9.62. The minimum absolute atomic E-state index is 0.201. The van der Waals surface area contributed by atoms with Crippen LogP contribution in [0.3, 0.4) is 0 Å². The molecule has 30 heavy (non-hydrogen) atoms. The summed E-state index contributed by atoms with van der Waals surface area (Å²) in [4.78, 5) is 23.1. The lowest BCUT2D eigenvalue weighted by Crippen LogP contribution is -2.01. The van der Waals surface area contributed by atoms with Crippen molar-refractivity contribution in [1.82, 2.24) is 0 Å². The second-order valence-electron chi connectivity index (χ2n) is 5.98. The molecule has 0 unspecified atom stereocenters. The van der Waals surface area contributed by atoms with Crippen LogP contribution in [0.4, 0.5) is 0 Å². The van der Waals surface area contributed by atoms with Gasteiger partial charge in [-0.1, -0.05) is 6.07 Å². The molecule has 3 aromatic rings. The van der Waals surface area contributed by atoms with Crippen LogP contribution in [0.5, 0.6) is 23.0 Å². The average molecular weight is 403 g/mol. The van der Waals surface area contributed by atoms with E-state index in [1.165, 1.54) is 14.2 Å². The maximum atomic E-state index is 11.5. The minimum atomic E-state index is -0.451. The number of esters is 2. The highest BCUT2D eigenvalue weighted by molar-refractivity contribution is 5.89. The van der Waals surface area contributed by atoms with E-state index in [4.69, 9.17) is 9.47 Å². The van der Waals surface area contributed by atoms with Gasteiger partial charge in [0.1, 0.15) is 34.6 Å². The zero-order valence-corrected chi connectivity index (χ0v) is 16.2. The van der Waals surface area contributed by atoms with Crippen molar-refractivity contribution in [2.75, 3.05) is 14.2 Å². The molecule has 3 rings (SSSR count). The number of benzene rings is 3. The Morgan fingerprint density at radius 2 is 1.10 bits per heavy atom. The molecule has 0 radical (unpaired) electrons. The van der Waals surface area contributed by atoms with Crippen LogP contribution in [0.25, 0.3) is 0 Å². The van der Waals surface area contributed by atoms with Crippen LogP contribution < -0.4 is 9.47 Å². The second-order valence-corrected chi connectivity index (χ2v) is 5.98.